The van der Waals surface area contributed by atoms with Crippen LogP contribution in [0.1, 0.15) is 22.5 Å². The van der Waals surface area contributed by atoms with Crippen molar-refractivity contribution in [1.29, 1.82) is 0 Å². The highest BCUT2D eigenvalue weighted by Crippen LogP contribution is 2.20. The molecular formula is C31H23N3. The first-order valence-corrected chi connectivity index (χ1v) is 11.2. The SMILES string of the molecule is c1ccc(N=C(c2ccccc2)c2cccc(C(=Nc3ccccc3)c3ccccc3)n2)cc1. The Kier molecular flexibility index (Phi) is 6.45. The average molecular weight is 438 g/mol. The molecule has 0 bridgehead atoms. The van der Waals surface area contributed by atoms with Crippen LogP contribution in [0.25, 0.3) is 0 Å². The normalized spacial score (nSPS) is 11.9. The number of pyridine rings is 1. The van der Waals surface area contributed by atoms with Gasteiger partial charge in [0.2, 0.25) is 0 Å². The zero-order valence-electron chi connectivity index (χ0n) is 18.6. The Morgan fingerprint density at radius 2 is 0.735 bits per heavy atom. The van der Waals surface area contributed by atoms with E-state index in [1.54, 1.807) is 0 Å². The number of rotatable bonds is 6. The second-order valence-corrected chi connectivity index (χ2v) is 7.73. The minimum absolute atomic E-state index is 0.796. The van der Waals surface area contributed by atoms with Crippen molar-refractivity contribution in [3.63, 3.8) is 0 Å². The molecule has 162 valence electrons. The number of hydrogen-bond acceptors (Lipinski definition) is 3. The lowest BCUT2D eigenvalue weighted by Crippen LogP contribution is -2.11. The van der Waals surface area contributed by atoms with Crippen LogP contribution in [0, 0.1) is 0 Å². The molecule has 0 amide bonds. The predicted molar refractivity (Wildman–Crippen MR) is 141 cm³/mol. The van der Waals surface area contributed by atoms with Crippen molar-refractivity contribution in [2.24, 2.45) is 9.98 Å². The third-order valence-electron chi connectivity index (χ3n) is 5.32. The maximum atomic E-state index is 5.06. The molecule has 1 aromatic heterocycles. The summed E-state index contributed by atoms with van der Waals surface area (Å²) in [5.41, 5.74) is 7.02. The van der Waals surface area contributed by atoms with Crippen molar-refractivity contribution in [2.75, 3.05) is 0 Å². The van der Waals surface area contributed by atoms with Crippen molar-refractivity contribution >= 4 is 22.8 Å². The molecule has 3 heteroatoms. The molecule has 0 radical (unpaired) electrons. The number of aromatic nitrogens is 1. The molecule has 0 atom stereocenters. The van der Waals surface area contributed by atoms with Gasteiger partial charge in [0.25, 0.3) is 0 Å². The van der Waals surface area contributed by atoms with E-state index in [-0.39, 0.29) is 0 Å². The molecule has 0 aliphatic rings. The summed E-state index contributed by atoms with van der Waals surface area (Å²) in [5, 5.41) is 0. The van der Waals surface area contributed by atoms with Crippen LogP contribution in [0.15, 0.2) is 150 Å². The summed E-state index contributed by atoms with van der Waals surface area (Å²) < 4.78 is 0. The van der Waals surface area contributed by atoms with Crippen LogP contribution in [0.3, 0.4) is 0 Å². The van der Waals surface area contributed by atoms with Gasteiger partial charge in [-0.15, -0.1) is 0 Å². The van der Waals surface area contributed by atoms with Crippen molar-refractivity contribution in [1.82, 2.24) is 4.98 Å². The fourth-order valence-corrected chi connectivity index (χ4v) is 3.69. The zero-order chi connectivity index (χ0) is 23.0. The number of hydrogen-bond donors (Lipinski definition) is 0. The van der Waals surface area contributed by atoms with Gasteiger partial charge in [0.05, 0.1) is 34.2 Å². The highest BCUT2D eigenvalue weighted by molar-refractivity contribution is 6.15. The number of aliphatic imine (C=N–C) groups is 2. The monoisotopic (exact) mass is 437 g/mol. The minimum atomic E-state index is 0.796. The van der Waals surface area contributed by atoms with Gasteiger partial charge in [0.1, 0.15) is 0 Å². The van der Waals surface area contributed by atoms with Crippen molar-refractivity contribution in [3.05, 3.63) is 162 Å². The highest BCUT2D eigenvalue weighted by atomic mass is 14.8. The molecule has 0 N–H and O–H groups in total. The van der Waals surface area contributed by atoms with E-state index in [9.17, 15) is 0 Å². The maximum absolute atomic E-state index is 5.06. The zero-order valence-corrected chi connectivity index (χ0v) is 18.6. The molecule has 0 spiro atoms. The van der Waals surface area contributed by atoms with Crippen molar-refractivity contribution < 1.29 is 0 Å². The molecule has 0 aliphatic heterocycles. The Balaban J connectivity index is 1.66. The van der Waals surface area contributed by atoms with Crippen LogP contribution < -0.4 is 0 Å². The summed E-state index contributed by atoms with van der Waals surface area (Å²) in [6.45, 7) is 0. The van der Waals surface area contributed by atoms with Crippen LogP contribution in [-0.4, -0.2) is 16.4 Å². The molecule has 0 fully saturated rings. The average Bonchev–Trinajstić information content (AvgIpc) is 2.92. The Morgan fingerprint density at radius 3 is 1.12 bits per heavy atom. The first-order chi connectivity index (χ1) is 16.9. The molecule has 4 aromatic carbocycles. The second kappa shape index (κ2) is 10.3. The largest absolute Gasteiger partial charge is 0.246 e. The number of para-hydroxylation sites is 2. The van der Waals surface area contributed by atoms with E-state index >= 15 is 0 Å². The van der Waals surface area contributed by atoms with Gasteiger partial charge in [-0.2, -0.15) is 0 Å². The van der Waals surface area contributed by atoms with Crippen LogP contribution in [0.2, 0.25) is 0 Å². The van der Waals surface area contributed by atoms with Gasteiger partial charge >= 0.3 is 0 Å². The smallest absolute Gasteiger partial charge is 0.0965 e. The Morgan fingerprint density at radius 1 is 0.382 bits per heavy atom. The van der Waals surface area contributed by atoms with E-state index in [2.05, 4.69) is 24.3 Å². The summed E-state index contributed by atoms with van der Waals surface area (Å²) >= 11 is 0. The summed E-state index contributed by atoms with van der Waals surface area (Å²) in [6, 6.07) is 46.3. The summed E-state index contributed by atoms with van der Waals surface area (Å²) in [6.07, 6.45) is 0. The topological polar surface area (TPSA) is 37.6 Å². The van der Waals surface area contributed by atoms with Gasteiger partial charge in [-0.25, -0.2) is 15.0 Å². The van der Waals surface area contributed by atoms with Crippen LogP contribution in [-0.2, 0) is 0 Å². The van der Waals surface area contributed by atoms with Crippen LogP contribution >= 0.6 is 0 Å². The molecule has 0 saturated heterocycles. The van der Waals surface area contributed by atoms with Crippen molar-refractivity contribution in [3.8, 4) is 0 Å². The fraction of sp³-hybridized carbons (Fsp3) is 0. The van der Waals surface area contributed by atoms with E-state index < -0.39 is 0 Å². The highest BCUT2D eigenvalue weighted by Gasteiger charge is 2.14. The molecule has 0 aliphatic carbocycles. The lowest BCUT2D eigenvalue weighted by Gasteiger charge is -2.11. The van der Waals surface area contributed by atoms with E-state index in [1.165, 1.54) is 0 Å². The van der Waals surface area contributed by atoms with Gasteiger partial charge in [0, 0.05) is 11.1 Å². The second-order valence-electron chi connectivity index (χ2n) is 7.73. The van der Waals surface area contributed by atoms with Gasteiger partial charge in [-0.05, 0) is 36.4 Å². The van der Waals surface area contributed by atoms with E-state index in [1.807, 2.05) is 115 Å². The summed E-state index contributed by atoms with van der Waals surface area (Å²) in [7, 11) is 0. The maximum Gasteiger partial charge on any atom is 0.0965 e. The molecular weight excluding hydrogens is 414 g/mol. The van der Waals surface area contributed by atoms with Crippen LogP contribution in [0.5, 0.6) is 0 Å². The molecule has 0 saturated carbocycles. The number of benzene rings is 4. The van der Waals surface area contributed by atoms with Gasteiger partial charge in [-0.1, -0.05) is 103 Å². The van der Waals surface area contributed by atoms with Gasteiger partial charge < -0.3 is 0 Å². The molecule has 34 heavy (non-hydrogen) atoms. The Labute approximate surface area is 199 Å². The quantitative estimate of drug-likeness (QED) is 0.255. The Hall–Kier alpha value is -4.63. The Bertz CT molecular complexity index is 1300. The summed E-state index contributed by atoms with van der Waals surface area (Å²) in [5.74, 6) is 0. The summed E-state index contributed by atoms with van der Waals surface area (Å²) in [4.78, 5) is 15.0. The lowest BCUT2D eigenvalue weighted by atomic mass is 10.0. The van der Waals surface area contributed by atoms with Crippen molar-refractivity contribution in [2.45, 2.75) is 0 Å². The molecule has 3 nitrogen and oxygen atoms in total. The first-order valence-electron chi connectivity index (χ1n) is 11.2. The molecule has 1 heterocycles. The van der Waals surface area contributed by atoms with E-state index in [0.29, 0.717) is 0 Å². The van der Waals surface area contributed by atoms with E-state index in [0.717, 1.165) is 45.3 Å². The molecule has 5 aromatic rings. The van der Waals surface area contributed by atoms with E-state index in [4.69, 9.17) is 15.0 Å². The van der Waals surface area contributed by atoms with Crippen LogP contribution in [0.4, 0.5) is 11.4 Å². The number of nitrogens with zero attached hydrogens (tertiary/aromatic N) is 3. The third kappa shape index (κ3) is 5.05. The fourth-order valence-electron chi connectivity index (χ4n) is 3.69. The molecule has 0 unspecified atom stereocenters. The first kappa shape index (κ1) is 21.2. The predicted octanol–water partition coefficient (Wildman–Crippen LogP) is 7.42. The minimum Gasteiger partial charge on any atom is -0.246 e. The standard InChI is InChI=1S/C31H23N3/c1-5-14-24(15-6-1)30(32-26-18-9-3-10-19-26)28-22-13-23-29(34-28)31(25-16-7-2-8-17-25)33-27-20-11-4-12-21-27/h1-23H. The third-order valence-corrected chi connectivity index (χ3v) is 5.32. The van der Waals surface area contributed by atoms with Gasteiger partial charge in [-0.3, -0.25) is 0 Å². The molecule has 5 rings (SSSR count). The lowest BCUT2D eigenvalue weighted by molar-refractivity contribution is 1.24. The van der Waals surface area contributed by atoms with Gasteiger partial charge in [0.15, 0.2) is 0 Å².